The molecule has 0 fully saturated rings. The van der Waals surface area contributed by atoms with Gasteiger partial charge in [0.2, 0.25) is 0 Å². The monoisotopic (exact) mass is 227 g/mol. The standard InChI is InChI=1S/C15H17NO/c1-9-10(2)16-14-12-6-4-3-5-11(12)7-8-13(14)15(9)17/h7-8H,3-6H2,1-2H3,(H,16,17). The number of H-pyrrole nitrogens is 1. The summed E-state index contributed by atoms with van der Waals surface area (Å²) in [5, 5.41) is 0.855. The first-order valence-electron chi connectivity index (χ1n) is 6.32. The number of aromatic amines is 1. The Kier molecular flexibility index (Phi) is 2.32. The molecule has 88 valence electrons. The Morgan fingerprint density at radius 1 is 1.12 bits per heavy atom. The van der Waals surface area contributed by atoms with Crippen LogP contribution in [0.1, 0.15) is 35.2 Å². The largest absolute Gasteiger partial charge is 0.358 e. The number of aromatic nitrogens is 1. The number of hydrogen-bond donors (Lipinski definition) is 1. The van der Waals surface area contributed by atoms with Gasteiger partial charge in [-0.2, -0.15) is 0 Å². The van der Waals surface area contributed by atoms with Gasteiger partial charge in [0.25, 0.3) is 0 Å². The van der Waals surface area contributed by atoms with Crippen molar-refractivity contribution in [3.05, 3.63) is 44.7 Å². The molecule has 0 bridgehead atoms. The molecular weight excluding hydrogens is 210 g/mol. The van der Waals surface area contributed by atoms with E-state index in [0.717, 1.165) is 35.0 Å². The Bertz CT molecular complexity index is 652. The second-order valence-corrected chi connectivity index (χ2v) is 5.04. The van der Waals surface area contributed by atoms with Gasteiger partial charge in [0, 0.05) is 16.6 Å². The lowest BCUT2D eigenvalue weighted by molar-refractivity contribution is 0.688. The summed E-state index contributed by atoms with van der Waals surface area (Å²) in [4.78, 5) is 15.6. The lowest BCUT2D eigenvalue weighted by Gasteiger charge is -2.18. The highest BCUT2D eigenvalue weighted by Crippen LogP contribution is 2.27. The van der Waals surface area contributed by atoms with Crippen molar-refractivity contribution in [3.8, 4) is 0 Å². The van der Waals surface area contributed by atoms with Gasteiger partial charge in [-0.3, -0.25) is 4.79 Å². The normalized spacial score (nSPS) is 14.9. The summed E-state index contributed by atoms with van der Waals surface area (Å²) >= 11 is 0. The molecule has 1 heterocycles. The van der Waals surface area contributed by atoms with Crippen molar-refractivity contribution in [2.24, 2.45) is 0 Å². The molecule has 0 saturated carbocycles. The zero-order valence-corrected chi connectivity index (χ0v) is 10.4. The molecule has 1 aliphatic rings. The van der Waals surface area contributed by atoms with Gasteiger partial charge in [-0.1, -0.05) is 6.07 Å². The highest BCUT2D eigenvalue weighted by molar-refractivity contribution is 5.84. The molecule has 0 radical (unpaired) electrons. The van der Waals surface area contributed by atoms with Crippen LogP contribution in [0.3, 0.4) is 0 Å². The van der Waals surface area contributed by atoms with E-state index in [4.69, 9.17) is 0 Å². The van der Waals surface area contributed by atoms with Crippen LogP contribution in [0.4, 0.5) is 0 Å². The average molecular weight is 227 g/mol. The second kappa shape index (κ2) is 3.73. The molecule has 0 spiro atoms. The predicted molar refractivity (Wildman–Crippen MR) is 70.7 cm³/mol. The van der Waals surface area contributed by atoms with Gasteiger partial charge in [0.1, 0.15) is 0 Å². The number of aryl methyl sites for hydroxylation is 3. The number of fused-ring (bicyclic) bond motifs is 3. The van der Waals surface area contributed by atoms with Crippen molar-refractivity contribution in [2.45, 2.75) is 39.5 Å². The summed E-state index contributed by atoms with van der Waals surface area (Å²) in [6.07, 6.45) is 4.76. The van der Waals surface area contributed by atoms with Crippen LogP contribution in [0.25, 0.3) is 10.9 Å². The van der Waals surface area contributed by atoms with Crippen LogP contribution in [0.5, 0.6) is 0 Å². The van der Waals surface area contributed by atoms with Crippen molar-refractivity contribution >= 4 is 10.9 Å². The van der Waals surface area contributed by atoms with Crippen molar-refractivity contribution in [3.63, 3.8) is 0 Å². The van der Waals surface area contributed by atoms with Crippen LogP contribution < -0.4 is 5.43 Å². The molecule has 2 nitrogen and oxygen atoms in total. The van der Waals surface area contributed by atoms with Crippen molar-refractivity contribution in [1.82, 2.24) is 4.98 Å². The molecule has 1 aliphatic carbocycles. The summed E-state index contributed by atoms with van der Waals surface area (Å²) in [6.45, 7) is 3.88. The van der Waals surface area contributed by atoms with E-state index in [-0.39, 0.29) is 5.43 Å². The molecule has 2 aromatic rings. The first-order valence-corrected chi connectivity index (χ1v) is 6.32. The first-order chi connectivity index (χ1) is 8.18. The number of hydrogen-bond acceptors (Lipinski definition) is 1. The Hall–Kier alpha value is -1.57. The molecule has 2 heteroatoms. The maximum Gasteiger partial charge on any atom is 0.192 e. The van der Waals surface area contributed by atoms with Crippen LogP contribution in [-0.2, 0) is 12.8 Å². The summed E-state index contributed by atoms with van der Waals surface area (Å²) in [5.41, 5.74) is 5.89. The molecule has 0 saturated heterocycles. The van der Waals surface area contributed by atoms with E-state index in [1.54, 1.807) is 0 Å². The predicted octanol–water partition coefficient (Wildman–Crippen LogP) is 3.02. The lowest BCUT2D eigenvalue weighted by Crippen LogP contribution is -2.13. The fraction of sp³-hybridized carbons (Fsp3) is 0.400. The Morgan fingerprint density at radius 3 is 2.71 bits per heavy atom. The molecule has 0 unspecified atom stereocenters. The van der Waals surface area contributed by atoms with Gasteiger partial charge in [-0.25, -0.2) is 0 Å². The van der Waals surface area contributed by atoms with E-state index < -0.39 is 0 Å². The Balaban J connectivity index is 2.44. The van der Waals surface area contributed by atoms with Gasteiger partial charge < -0.3 is 4.98 Å². The van der Waals surface area contributed by atoms with Crippen LogP contribution in [-0.4, -0.2) is 4.98 Å². The molecular formula is C15H17NO. The topological polar surface area (TPSA) is 32.9 Å². The van der Waals surface area contributed by atoms with E-state index in [0.29, 0.717) is 0 Å². The third-order valence-corrected chi connectivity index (χ3v) is 3.99. The number of benzene rings is 1. The van der Waals surface area contributed by atoms with Crippen LogP contribution >= 0.6 is 0 Å². The molecule has 0 aliphatic heterocycles. The van der Waals surface area contributed by atoms with Crippen molar-refractivity contribution in [2.75, 3.05) is 0 Å². The fourth-order valence-electron chi connectivity index (χ4n) is 2.81. The average Bonchev–Trinajstić information content (AvgIpc) is 2.36. The zero-order chi connectivity index (χ0) is 12.0. The fourth-order valence-corrected chi connectivity index (χ4v) is 2.81. The second-order valence-electron chi connectivity index (χ2n) is 5.04. The molecule has 0 atom stereocenters. The van der Waals surface area contributed by atoms with Gasteiger partial charge in [0.15, 0.2) is 5.43 Å². The maximum absolute atomic E-state index is 12.2. The van der Waals surface area contributed by atoms with E-state index in [1.807, 2.05) is 19.9 Å². The van der Waals surface area contributed by atoms with E-state index in [1.165, 1.54) is 24.0 Å². The molecule has 0 amide bonds. The summed E-state index contributed by atoms with van der Waals surface area (Å²) in [5.74, 6) is 0. The third kappa shape index (κ3) is 1.51. The van der Waals surface area contributed by atoms with Crippen molar-refractivity contribution in [1.29, 1.82) is 0 Å². The van der Waals surface area contributed by atoms with Crippen LogP contribution in [0, 0.1) is 13.8 Å². The smallest absolute Gasteiger partial charge is 0.192 e. The Morgan fingerprint density at radius 2 is 1.88 bits per heavy atom. The van der Waals surface area contributed by atoms with E-state index >= 15 is 0 Å². The van der Waals surface area contributed by atoms with Gasteiger partial charge >= 0.3 is 0 Å². The molecule has 1 N–H and O–H groups in total. The highest BCUT2D eigenvalue weighted by atomic mass is 16.1. The van der Waals surface area contributed by atoms with E-state index in [2.05, 4.69) is 11.1 Å². The quantitative estimate of drug-likeness (QED) is 0.737. The SMILES string of the molecule is Cc1[nH]c2c3c(ccc2c(=O)c1C)CCCC3. The molecule has 1 aromatic heterocycles. The van der Waals surface area contributed by atoms with E-state index in [9.17, 15) is 4.79 Å². The van der Waals surface area contributed by atoms with Crippen LogP contribution in [0.15, 0.2) is 16.9 Å². The molecule has 1 aromatic carbocycles. The zero-order valence-electron chi connectivity index (χ0n) is 10.4. The summed E-state index contributed by atoms with van der Waals surface area (Å²) in [7, 11) is 0. The number of pyridine rings is 1. The summed E-state index contributed by atoms with van der Waals surface area (Å²) in [6, 6.07) is 4.13. The van der Waals surface area contributed by atoms with Gasteiger partial charge in [-0.15, -0.1) is 0 Å². The highest BCUT2D eigenvalue weighted by Gasteiger charge is 2.15. The van der Waals surface area contributed by atoms with Crippen LogP contribution in [0.2, 0.25) is 0 Å². The molecule has 17 heavy (non-hydrogen) atoms. The minimum Gasteiger partial charge on any atom is -0.358 e. The third-order valence-electron chi connectivity index (χ3n) is 3.99. The maximum atomic E-state index is 12.2. The van der Waals surface area contributed by atoms with Crippen molar-refractivity contribution < 1.29 is 0 Å². The minimum absolute atomic E-state index is 0.185. The lowest BCUT2D eigenvalue weighted by atomic mass is 9.89. The number of rotatable bonds is 0. The van der Waals surface area contributed by atoms with Gasteiger partial charge in [0.05, 0.1) is 5.52 Å². The van der Waals surface area contributed by atoms with Gasteiger partial charge in [-0.05, 0) is 56.7 Å². The first kappa shape index (κ1) is 10.6. The minimum atomic E-state index is 0.185. The Labute approximate surface area is 101 Å². The summed E-state index contributed by atoms with van der Waals surface area (Å²) < 4.78 is 0. The number of nitrogens with one attached hydrogen (secondary N) is 1. The molecule has 3 rings (SSSR count).